The topological polar surface area (TPSA) is 49.4 Å². The Labute approximate surface area is 120 Å². The van der Waals surface area contributed by atoms with Gasteiger partial charge in [0.05, 0.1) is 12.5 Å². The van der Waals surface area contributed by atoms with E-state index in [-0.39, 0.29) is 30.3 Å². The molecule has 4 nitrogen and oxygen atoms in total. The zero-order valence-corrected chi connectivity index (χ0v) is 12.1. The predicted octanol–water partition coefficient (Wildman–Crippen LogP) is 2.26. The summed E-state index contributed by atoms with van der Waals surface area (Å²) in [6, 6.07) is 9.79. The molecule has 2 unspecified atom stereocenters. The van der Waals surface area contributed by atoms with Gasteiger partial charge in [-0.05, 0) is 18.4 Å². The van der Waals surface area contributed by atoms with Crippen molar-refractivity contribution < 1.29 is 9.59 Å². The van der Waals surface area contributed by atoms with Crippen LogP contribution >= 0.6 is 0 Å². The first-order valence-electron chi connectivity index (χ1n) is 7.32. The largest absolute Gasteiger partial charge is 0.299 e. The van der Waals surface area contributed by atoms with Crippen molar-refractivity contribution in [2.75, 3.05) is 6.54 Å². The van der Waals surface area contributed by atoms with E-state index < -0.39 is 0 Å². The average molecular weight is 274 g/mol. The Kier molecular flexibility index (Phi) is 4.90. The molecule has 4 heteroatoms. The lowest BCUT2D eigenvalue weighted by molar-refractivity contribution is -0.138. The molecular weight excluding hydrogens is 252 g/mol. The van der Waals surface area contributed by atoms with Gasteiger partial charge >= 0.3 is 0 Å². The van der Waals surface area contributed by atoms with Crippen molar-refractivity contribution in [2.45, 2.75) is 45.2 Å². The van der Waals surface area contributed by atoms with E-state index in [0.717, 1.165) is 18.4 Å². The number of amides is 2. The van der Waals surface area contributed by atoms with Gasteiger partial charge in [0.2, 0.25) is 11.8 Å². The number of likely N-dealkylation sites (tertiary alicyclic amines) is 1. The molecule has 0 saturated carbocycles. The molecule has 1 fully saturated rings. The summed E-state index contributed by atoms with van der Waals surface area (Å²) in [5, 5.41) is 3.34. The van der Waals surface area contributed by atoms with Crippen molar-refractivity contribution >= 4 is 11.8 Å². The monoisotopic (exact) mass is 274 g/mol. The Hall–Kier alpha value is -1.68. The summed E-state index contributed by atoms with van der Waals surface area (Å²) in [5.41, 5.74) is 1.16. The van der Waals surface area contributed by atoms with Crippen LogP contribution < -0.4 is 5.32 Å². The van der Waals surface area contributed by atoms with E-state index in [1.54, 1.807) is 0 Å². The van der Waals surface area contributed by atoms with Crippen LogP contribution in [0.15, 0.2) is 30.3 Å². The molecule has 20 heavy (non-hydrogen) atoms. The maximum atomic E-state index is 12.2. The molecule has 1 heterocycles. The van der Waals surface area contributed by atoms with Gasteiger partial charge in [-0.3, -0.25) is 19.8 Å². The Morgan fingerprint density at radius 2 is 1.95 bits per heavy atom. The quantitative estimate of drug-likeness (QED) is 0.810. The van der Waals surface area contributed by atoms with Crippen LogP contribution in [0, 0.1) is 0 Å². The highest BCUT2D eigenvalue weighted by Gasteiger charge is 2.38. The highest BCUT2D eigenvalue weighted by Crippen LogP contribution is 2.21. The molecule has 2 atom stereocenters. The van der Waals surface area contributed by atoms with E-state index in [4.69, 9.17) is 0 Å². The zero-order valence-electron chi connectivity index (χ0n) is 12.1. The van der Waals surface area contributed by atoms with Crippen molar-refractivity contribution in [3.05, 3.63) is 35.9 Å². The number of rotatable bonds is 6. The molecule has 0 bridgehead atoms. The van der Waals surface area contributed by atoms with E-state index in [9.17, 15) is 9.59 Å². The molecule has 2 amide bonds. The molecule has 1 saturated heterocycles. The van der Waals surface area contributed by atoms with Crippen LogP contribution in [0.4, 0.5) is 0 Å². The lowest BCUT2D eigenvalue weighted by atomic mass is 10.0. The van der Waals surface area contributed by atoms with E-state index in [2.05, 4.69) is 12.2 Å². The van der Waals surface area contributed by atoms with Gasteiger partial charge in [0.25, 0.3) is 0 Å². The number of benzene rings is 1. The van der Waals surface area contributed by atoms with Crippen molar-refractivity contribution in [1.82, 2.24) is 10.2 Å². The lowest BCUT2D eigenvalue weighted by Crippen LogP contribution is -2.40. The van der Waals surface area contributed by atoms with Crippen LogP contribution in [0.2, 0.25) is 0 Å². The van der Waals surface area contributed by atoms with Gasteiger partial charge in [0, 0.05) is 12.6 Å². The Morgan fingerprint density at radius 3 is 2.55 bits per heavy atom. The van der Waals surface area contributed by atoms with Gasteiger partial charge in [0.1, 0.15) is 0 Å². The lowest BCUT2D eigenvalue weighted by Gasteiger charge is -2.21. The fraction of sp³-hybridized carbons (Fsp3) is 0.500. The first-order chi connectivity index (χ1) is 9.67. The maximum absolute atomic E-state index is 12.2. The van der Waals surface area contributed by atoms with E-state index >= 15 is 0 Å². The summed E-state index contributed by atoms with van der Waals surface area (Å²) in [7, 11) is 0. The molecule has 0 spiro atoms. The zero-order chi connectivity index (χ0) is 14.5. The predicted molar refractivity (Wildman–Crippen MR) is 78.0 cm³/mol. The van der Waals surface area contributed by atoms with Gasteiger partial charge in [-0.2, -0.15) is 0 Å². The maximum Gasteiger partial charge on any atom is 0.246 e. The fourth-order valence-electron chi connectivity index (χ4n) is 2.65. The number of hydrogen-bond donors (Lipinski definition) is 1. The van der Waals surface area contributed by atoms with Crippen molar-refractivity contribution in [3.8, 4) is 0 Å². The van der Waals surface area contributed by atoms with E-state index in [1.807, 2.05) is 37.3 Å². The molecule has 0 aromatic heterocycles. The van der Waals surface area contributed by atoms with E-state index in [0.29, 0.717) is 6.54 Å². The van der Waals surface area contributed by atoms with Gasteiger partial charge in [-0.15, -0.1) is 0 Å². The Morgan fingerprint density at radius 1 is 1.25 bits per heavy atom. The molecule has 1 N–H and O–H groups in total. The second kappa shape index (κ2) is 6.66. The minimum absolute atomic E-state index is 0.0581. The van der Waals surface area contributed by atoms with Crippen LogP contribution in [0.3, 0.4) is 0 Å². The summed E-state index contributed by atoms with van der Waals surface area (Å²) in [5.74, 6) is -0.136. The Balaban J connectivity index is 2.06. The summed E-state index contributed by atoms with van der Waals surface area (Å²) in [4.78, 5) is 25.5. The number of carbonyl (C=O) groups is 2. The van der Waals surface area contributed by atoms with Gasteiger partial charge in [0.15, 0.2) is 0 Å². The number of carbonyl (C=O) groups excluding carboxylic acids is 2. The summed E-state index contributed by atoms with van der Waals surface area (Å²) < 4.78 is 0. The standard InChI is InChI=1S/C16H22N2O2/c1-3-10-18-15(19)11-14(16(18)20)17-13(4-2)12-8-6-5-7-9-12/h5-9,13-14,17H,3-4,10-11H2,1-2H3. The van der Waals surface area contributed by atoms with E-state index in [1.165, 1.54) is 4.90 Å². The minimum Gasteiger partial charge on any atom is -0.299 e. The number of nitrogens with one attached hydrogen (secondary N) is 1. The fourth-order valence-corrected chi connectivity index (χ4v) is 2.65. The van der Waals surface area contributed by atoms with Gasteiger partial charge < -0.3 is 0 Å². The highest BCUT2D eigenvalue weighted by atomic mass is 16.2. The smallest absolute Gasteiger partial charge is 0.246 e. The molecule has 1 aliphatic rings. The van der Waals surface area contributed by atoms with Crippen molar-refractivity contribution in [2.24, 2.45) is 0 Å². The SMILES string of the molecule is CCCN1C(=O)CC(NC(CC)c2ccccc2)C1=O. The van der Waals surface area contributed by atoms with Crippen LogP contribution in [-0.4, -0.2) is 29.3 Å². The Bertz CT molecular complexity index is 473. The molecule has 2 rings (SSSR count). The summed E-state index contributed by atoms with van der Waals surface area (Å²) >= 11 is 0. The highest BCUT2D eigenvalue weighted by molar-refractivity contribution is 6.05. The molecule has 0 radical (unpaired) electrons. The molecule has 0 aliphatic carbocycles. The first-order valence-corrected chi connectivity index (χ1v) is 7.32. The number of imide groups is 1. The third-order valence-electron chi connectivity index (χ3n) is 3.70. The van der Waals surface area contributed by atoms with Crippen molar-refractivity contribution in [1.29, 1.82) is 0 Å². The van der Waals surface area contributed by atoms with Crippen molar-refractivity contribution in [3.63, 3.8) is 0 Å². The second-order valence-electron chi connectivity index (χ2n) is 5.18. The third kappa shape index (κ3) is 3.07. The van der Waals surface area contributed by atoms with Crippen LogP contribution in [0.1, 0.15) is 44.7 Å². The molecule has 1 aromatic carbocycles. The van der Waals surface area contributed by atoms with Crippen LogP contribution in [0.25, 0.3) is 0 Å². The van der Waals surface area contributed by atoms with Crippen LogP contribution in [0.5, 0.6) is 0 Å². The van der Waals surface area contributed by atoms with Gasteiger partial charge in [-0.25, -0.2) is 0 Å². The average Bonchev–Trinajstić information content (AvgIpc) is 2.73. The molecule has 1 aliphatic heterocycles. The van der Waals surface area contributed by atoms with Crippen LogP contribution in [-0.2, 0) is 9.59 Å². The van der Waals surface area contributed by atoms with Gasteiger partial charge in [-0.1, -0.05) is 44.2 Å². The third-order valence-corrected chi connectivity index (χ3v) is 3.70. The molecule has 108 valence electrons. The first kappa shape index (κ1) is 14.7. The minimum atomic E-state index is -0.376. The number of nitrogens with zero attached hydrogens (tertiary/aromatic N) is 1. The molecule has 1 aromatic rings. The second-order valence-corrected chi connectivity index (χ2v) is 5.18. The normalized spacial score (nSPS) is 20.5. The summed E-state index contributed by atoms with van der Waals surface area (Å²) in [6.07, 6.45) is 1.97. The number of hydrogen-bond acceptors (Lipinski definition) is 3. The summed E-state index contributed by atoms with van der Waals surface area (Å²) in [6.45, 7) is 4.58. The molecular formula is C16H22N2O2.